The molecule has 0 amide bonds. The predicted octanol–water partition coefficient (Wildman–Crippen LogP) is 3.62. The number of unbranched alkanes of at least 4 members (excludes halogenated alkanes) is 3. The topological polar surface area (TPSA) is 81.7 Å². The second-order valence-electron chi connectivity index (χ2n) is 8.11. The van der Waals surface area contributed by atoms with E-state index < -0.39 is 5.60 Å². The van der Waals surface area contributed by atoms with E-state index in [-0.39, 0.29) is 12.4 Å². The minimum Gasteiger partial charge on any atom is -0.460 e. The first-order valence-electron chi connectivity index (χ1n) is 11.7. The van der Waals surface area contributed by atoms with Crippen molar-refractivity contribution in [2.45, 2.75) is 58.5 Å². The van der Waals surface area contributed by atoms with Gasteiger partial charge in [0.15, 0.2) is 0 Å². The predicted molar refractivity (Wildman–Crippen MR) is 125 cm³/mol. The second-order valence-corrected chi connectivity index (χ2v) is 8.49. The highest BCUT2D eigenvalue weighted by Gasteiger charge is 2.15. The van der Waals surface area contributed by atoms with Crippen molar-refractivity contribution < 1.29 is 38.0 Å². The van der Waals surface area contributed by atoms with Crippen molar-refractivity contribution in [2.75, 3.05) is 85.2 Å². The SMILES string of the molecule is CC(C)(C)OC(=O)CCOCCOCCOCCOCCOCCOCCCCCCCl. The van der Waals surface area contributed by atoms with Crippen LogP contribution in [0.5, 0.6) is 0 Å². The molecule has 9 heteroatoms. The summed E-state index contributed by atoms with van der Waals surface area (Å²) in [5.74, 6) is 0.489. The fourth-order valence-corrected chi connectivity index (χ4v) is 2.59. The Morgan fingerprint density at radius 3 is 1.34 bits per heavy atom. The minimum absolute atomic E-state index is 0.245. The lowest BCUT2D eigenvalue weighted by Crippen LogP contribution is -2.24. The number of halogens is 1. The van der Waals surface area contributed by atoms with Crippen LogP contribution in [0.3, 0.4) is 0 Å². The Morgan fingerprint density at radius 1 is 0.562 bits per heavy atom. The number of ether oxygens (including phenoxy) is 7. The van der Waals surface area contributed by atoms with Crippen molar-refractivity contribution >= 4 is 17.6 Å². The van der Waals surface area contributed by atoms with Gasteiger partial charge in [0.25, 0.3) is 0 Å². The first-order chi connectivity index (χ1) is 15.5. The fraction of sp³-hybridized carbons (Fsp3) is 0.957. The Balaban J connectivity index is 3.10. The largest absolute Gasteiger partial charge is 0.460 e. The molecule has 0 saturated heterocycles. The summed E-state index contributed by atoms with van der Waals surface area (Å²) < 4.78 is 37.8. The number of hydrogen-bond acceptors (Lipinski definition) is 8. The number of rotatable bonds is 24. The lowest BCUT2D eigenvalue weighted by atomic mass is 10.2. The summed E-state index contributed by atoms with van der Waals surface area (Å²) >= 11 is 5.63. The van der Waals surface area contributed by atoms with Crippen LogP contribution in [0.1, 0.15) is 52.9 Å². The van der Waals surface area contributed by atoms with Gasteiger partial charge in [-0.1, -0.05) is 12.8 Å². The van der Waals surface area contributed by atoms with Crippen LogP contribution in [0.4, 0.5) is 0 Å². The van der Waals surface area contributed by atoms with E-state index in [2.05, 4.69) is 0 Å². The number of hydrogen-bond donors (Lipinski definition) is 0. The van der Waals surface area contributed by atoms with Crippen LogP contribution in [-0.2, 0) is 38.0 Å². The maximum absolute atomic E-state index is 11.5. The van der Waals surface area contributed by atoms with Crippen molar-refractivity contribution in [2.24, 2.45) is 0 Å². The summed E-state index contributed by atoms with van der Waals surface area (Å²) in [6, 6.07) is 0. The molecule has 0 spiro atoms. The normalized spacial score (nSPS) is 11.8. The molecule has 0 bridgehead atoms. The third kappa shape index (κ3) is 27.6. The fourth-order valence-electron chi connectivity index (χ4n) is 2.40. The van der Waals surface area contributed by atoms with E-state index in [1.165, 1.54) is 12.8 Å². The molecule has 0 aromatic carbocycles. The van der Waals surface area contributed by atoms with Crippen molar-refractivity contribution in [3.63, 3.8) is 0 Å². The molecule has 0 rings (SSSR count). The quantitative estimate of drug-likeness (QED) is 0.117. The molecule has 0 aromatic rings. The number of carbonyl (C=O) groups excluding carboxylic acids is 1. The maximum Gasteiger partial charge on any atom is 0.308 e. The molecule has 0 unspecified atom stereocenters. The Morgan fingerprint density at radius 2 is 0.938 bits per heavy atom. The summed E-state index contributed by atoms with van der Waals surface area (Å²) in [6.45, 7) is 11.9. The molecule has 0 atom stereocenters. The lowest BCUT2D eigenvalue weighted by molar-refractivity contribution is -0.156. The van der Waals surface area contributed by atoms with E-state index in [9.17, 15) is 4.79 Å². The van der Waals surface area contributed by atoms with E-state index in [0.717, 1.165) is 25.3 Å². The smallest absolute Gasteiger partial charge is 0.308 e. The van der Waals surface area contributed by atoms with Crippen LogP contribution in [0.2, 0.25) is 0 Å². The van der Waals surface area contributed by atoms with E-state index >= 15 is 0 Å². The zero-order valence-electron chi connectivity index (χ0n) is 20.4. The Kier molecular flexibility index (Phi) is 23.3. The van der Waals surface area contributed by atoms with Gasteiger partial charge in [-0.15, -0.1) is 11.6 Å². The zero-order chi connectivity index (χ0) is 23.8. The number of esters is 1. The van der Waals surface area contributed by atoms with Gasteiger partial charge in [-0.3, -0.25) is 4.79 Å². The van der Waals surface area contributed by atoms with Crippen LogP contribution in [0.15, 0.2) is 0 Å². The van der Waals surface area contributed by atoms with Crippen LogP contribution in [0.25, 0.3) is 0 Å². The Hall–Kier alpha value is -0.480. The first-order valence-corrected chi connectivity index (χ1v) is 12.2. The molecular formula is C23H45ClO8. The highest BCUT2D eigenvalue weighted by atomic mass is 35.5. The number of carbonyl (C=O) groups is 1. The standard InChI is InChI=1S/C23H45ClO8/c1-23(2,3)32-22(25)8-11-27-13-15-29-17-19-31-21-20-30-18-16-28-14-12-26-10-7-5-4-6-9-24/h4-21H2,1-3H3. The zero-order valence-corrected chi connectivity index (χ0v) is 21.1. The molecule has 0 saturated carbocycles. The second kappa shape index (κ2) is 23.7. The molecule has 0 aliphatic carbocycles. The third-order valence-electron chi connectivity index (χ3n) is 3.90. The van der Waals surface area contributed by atoms with Crippen LogP contribution < -0.4 is 0 Å². The summed E-state index contributed by atoms with van der Waals surface area (Å²) in [5.41, 5.74) is -0.460. The van der Waals surface area contributed by atoms with Gasteiger partial charge in [0.2, 0.25) is 0 Å². The summed E-state index contributed by atoms with van der Waals surface area (Å²) in [5, 5.41) is 0. The highest BCUT2D eigenvalue weighted by molar-refractivity contribution is 6.17. The summed E-state index contributed by atoms with van der Waals surface area (Å²) in [4.78, 5) is 11.5. The summed E-state index contributed by atoms with van der Waals surface area (Å²) in [6.07, 6.45) is 4.75. The van der Waals surface area contributed by atoms with E-state index in [4.69, 9.17) is 44.8 Å². The molecule has 0 N–H and O–H groups in total. The highest BCUT2D eigenvalue weighted by Crippen LogP contribution is 2.08. The molecule has 32 heavy (non-hydrogen) atoms. The van der Waals surface area contributed by atoms with E-state index in [1.807, 2.05) is 20.8 Å². The molecule has 8 nitrogen and oxygen atoms in total. The average molecular weight is 485 g/mol. The van der Waals surface area contributed by atoms with Crippen LogP contribution >= 0.6 is 11.6 Å². The van der Waals surface area contributed by atoms with Crippen LogP contribution in [-0.4, -0.2) is 96.7 Å². The van der Waals surface area contributed by atoms with Gasteiger partial charge in [0.1, 0.15) is 5.60 Å². The van der Waals surface area contributed by atoms with E-state index in [0.29, 0.717) is 72.7 Å². The van der Waals surface area contributed by atoms with Crippen molar-refractivity contribution in [3.8, 4) is 0 Å². The Bertz CT molecular complexity index is 404. The minimum atomic E-state index is -0.460. The maximum atomic E-state index is 11.5. The van der Waals surface area contributed by atoms with Crippen molar-refractivity contribution in [1.82, 2.24) is 0 Å². The lowest BCUT2D eigenvalue weighted by Gasteiger charge is -2.19. The molecule has 0 aliphatic rings. The molecule has 0 radical (unpaired) electrons. The van der Waals surface area contributed by atoms with Gasteiger partial charge in [0, 0.05) is 12.5 Å². The van der Waals surface area contributed by atoms with Crippen LogP contribution in [0, 0.1) is 0 Å². The molecule has 0 heterocycles. The van der Waals surface area contributed by atoms with Gasteiger partial charge >= 0.3 is 5.97 Å². The van der Waals surface area contributed by atoms with Gasteiger partial charge in [-0.2, -0.15) is 0 Å². The number of alkyl halides is 1. The van der Waals surface area contributed by atoms with Crippen molar-refractivity contribution in [1.29, 1.82) is 0 Å². The van der Waals surface area contributed by atoms with Gasteiger partial charge < -0.3 is 33.2 Å². The van der Waals surface area contributed by atoms with E-state index in [1.54, 1.807) is 0 Å². The molecule has 0 fully saturated rings. The monoisotopic (exact) mass is 484 g/mol. The van der Waals surface area contributed by atoms with Gasteiger partial charge in [0.05, 0.1) is 79.1 Å². The average Bonchev–Trinajstić information content (AvgIpc) is 2.73. The molecule has 192 valence electrons. The molecule has 0 aromatic heterocycles. The van der Waals surface area contributed by atoms with Gasteiger partial charge in [-0.05, 0) is 33.6 Å². The van der Waals surface area contributed by atoms with Crippen molar-refractivity contribution in [3.05, 3.63) is 0 Å². The summed E-state index contributed by atoms with van der Waals surface area (Å²) in [7, 11) is 0. The Labute approximate surface area is 199 Å². The first kappa shape index (κ1) is 31.5. The van der Waals surface area contributed by atoms with Gasteiger partial charge in [-0.25, -0.2) is 0 Å². The third-order valence-corrected chi connectivity index (χ3v) is 4.17. The molecular weight excluding hydrogens is 440 g/mol. The molecule has 0 aliphatic heterocycles.